The molecule has 0 radical (unpaired) electrons. The van der Waals surface area contributed by atoms with Crippen molar-refractivity contribution in [2.45, 2.75) is 39.1 Å². The van der Waals surface area contributed by atoms with Gasteiger partial charge in [-0.1, -0.05) is 30.3 Å². The first-order valence-electron chi connectivity index (χ1n) is 9.64. The first kappa shape index (κ1) is 22.6. The summed E-state index contributed by atoms with van der Waals surface area (Å²) in [5.74, 6) is -2.58. The lowest BCUT2D eigenvalue weighted by Crippen LogP contribution is -2.72. The van der Waals surface area contributed by atoms with Gasteiger partial charge >= 0.3 is 11.9 Å². The van der Waals surface area contributed by atoms with Crippen LogP contribution in [-0.4, -0.2) is 68.2 Å². The Hall–Kier alpha value is -4.09. The monoisotopic (exact) mass is 442 g/mol. The number of nitrogens with one attached hydrogen (secondary N) is 1. The van der Waals surface area contributed by atoms with Crippen LogP contribution in [-0.2, 0) is 41.6 Å². The van der Waals surface area contributed by atoms with Crippen LogP contribution in [0.3, 0.4) is 0 Å². The maximum Gasteiger partial charge on any atom is 0.354 e. The molecule has 1 aliphatic rings. The Bertz CT molecular complexity index is 1030. The Morgan fingerprint density at radius 3 is 2.47 bits per heavy atom. The van der Waals surface area contributed by atoms with E-state index < -0.39 is 36.0 Å². The first-order chi connectivity index (χ1) is 15.3. The molecular weight excluding hydrogens is 420 g/mol. The molecule has 32 heavy (non-hydrogen) atoms. The predicted molar refractivity (Wildman–Crippen MR) is 107 cm³/mol. The van der Waals surface area contributed by atoms with Crippen molar-refractivity contribution in [3.05, 3.63) is 53.5 Å². The molecule has 0 unspecified atom stereocenters. The number of ether oxygens (including phenoxy) is 2. The number of carbonyl (C=O) groups is 4. The molecule has 3 rings (SSSR count). The van der Waals surface area contributed by atoms with Crippen molar-refractivity contribution in [1.82, 2.24) is 30.4 Å². The number of allylic oxidation sites excluding steroid dienone is 1. The van der Waals surface area contributed by atoms with E-state index >= 15 is 0 Å². The smallest absolute Gasteiger partial charge is 0.354 e. The van der Waals surface area contributed by atoms with E-state index in [9.17, 15) is 19.2 Å². The van der Waals surface area contributed by atoms with Crippen LogP contribution >= 0.6 is 0 Å². The zero-order valence-corrected chi connectivity index (χ0v) is 17.7. The van der Waals surface area contributed by atoms with E-state index in [1.165, 1.54) is 18.1 Å². The average molecular weight is 442 g/mol. The van der Waals surface area contributed by atoms with Crippen LogP contribution in [0.15, 0.2) is 47.9 Å². The Balaban J connectivity index is 1.79. The van der Waals surface area contributed by atoms with Gasteiger partial charge in [-0.2, -0.15) is 0 Å². The van der Waals surface area contributed by atoms with E-state index in [0.717, 1.165) is 4.90 Å². The van der Waals surface area contributed by atoms with E-state index in [0.29, 0.717) is 11.1 Å². The molecule has 2 amide bonds. The number of esters is 2. The molecule has 12 heteroatoms. The summed E-state index contributed by atoms with van der Waals surface area (Å²) in [5.41, 5.74) is 1.14. The second-order valence-electron chi connectivity index (χ2n) is 7.14. The van der Waals surface area contributed by atoms with Gasteiger partial charge in [0.1, 0.15) is 18.6 Å². The van der Waals surface area contributed by atoms with Gasteiger partial charge < -0.3 is 14.8 Å². The SMILES string of the molecule is COC(=O)C(=C(C)C)N1C(=O)[C@@H](NC(=O)Cn2cnnn2)[C@H]1OC(=O)Cc1ccccc1. The first-order valence-corrected chi connectivity index (χ1v) is 9.64. The molecule has 12 nitrogen and oxygen atoms in total. The maximum absolute atomic E-state index is 12.8. The molecule has 0 spiro atoms. The summed E-state index contributed by atoms with van der Waals surface area (Å²) in [6.07, 6.45) is -0.0298. The standard InChI is InChI=1S/C20H22N6O6/c1-12(2)17(20(30)31-3)26-18(29)16(22-14(27)10-25-11-21-23-24-25)19(26)32-15(28)9-13-7-5-4-6-8-13/h4-8,11,16,19H,9-10H2,1-3H3,(H,22,27)/t16-,19-/m1/s1. The third-order valence-corrected chi connectivity index (χ3v) is 4.59. The van der Waals surface area contributed by atoms with Gasteiger partial charge in [-0.3, -0.25) is 19.3 Å². The van der Waals surface area contributed by atoms with Crippen molar-refractivity contribution >= 4 is 23.8 Å². The molecule has 2 heterocycles. The third-order valence-electron chi connectivity index (χ3n) is 4.59. The molecule has 1 aromatic carbocycles. The molecule has 0 bridgehead atoms. The topological polar surface area (TPSA) is 146 Å². The quantitative estimate of drug-likeness (QED) is 0.327. The predicted octanol–water partition coefficient (Wildman–Crippen LogP) is -0.421. The van der Waals surface area contributed by atoms with Gasteiger partial charge in [0.25, 0.3) is 5.91 Å². The van der Waals surface area contributed by atoms with E-state index in [1.54, 1.807) is 38.1 Å². The summed E-state index contributed by atoms with van der Waals surface area (Å²) in [6, 6.07) is 7.70. The molecule has 168 valence electrons. The van der Waals surface area contributed by atoms with Crippen molar-refractivity contribution < 1.29 is 28.7 Å². The Labute approximate surface area is 183 Å². The summed E-state index contributed by atoms with van der Waals surface area (Å²) >= 11 is 0. The number of hydrogen-bond acceptors (Lipinski definition) is 9. The van der Waals surface area contributed by atoms with Gasteiger partial charge in [0.15, 0.2) is 6.04 Å². The highest BCUT2D eigenvalue weighted by molar-refractivity contribution is 6.01. The third kappa shape index (κ3) is 4.96. The minimum atomic E-state index is -1.22. The number of tetrazole rings is 1. The highest BCUT2D eigenvalue weighted by Crippen LogP contribution is 2.29. The van der Waals surface area contributed by atoms with Gasteiger partial charge in [-0.15, -0.1) is 5.10 Å². The van der Waals surface area contributed by atoms with Crippen LogP contribution in [0.25, 0.3) is 0 Å². The summed E-state index contributed by atoms with van der Waals surface area (Å²) in [6.45, 7) is 2.99. The van der Waals surface area contributed by atoms with Crippen LogP contribution < -0.4 is 5.32 Å². The van der Waals surface area contributed by atoms with Crippen molar-refractivity contribution in [3.63, 3.8) is 0 Å². The van der Waals surface area contributed by atoms with Crippen LogP contribution in [0, 0.1) is 0 Å². The maximum atomic E-state index is 12.8. The molecule has 1 aromatic heterocycles. The summed E-state index contributed by atoms with van der Waals surface area (Å²) < 4.78 is 11.4. The number of benzene rings is 1. The molecule has 1 aliphatic heterocycles. The molecule has 2 atom stereocenters. The lowest BCUT2D eigenvalue weighted by molar-refractivity contribution is -0.189. The molecule has 1 N–H and O–H groups in total. The normalized spacial score (nSPS) is 17.2. The van der Waals surface area contributed by atoms with Gasteiger partial charge in [0, 0.05) is 0 Å². The second kappa shape index (κ2) is 9.81. The summed E-state index contributed by atoms with van der Waals surface area (Å²) in [7, 11) is 1.18. The molecule has 2 aromatic rings. The molecule has 1 fully saturated rings. The highest BCUT2D eigenvalue weighted by Gasteiger charge is 2.54. The fourth-order valence-electron chi connectivity index (χ4n) is 3.15. The van der Waals surface area contributed by atoms with E-state index in [1.807, 2.05) is 6.07 Å². The molecule has 0 saturated carbocycles. The Morgan fingerprint density at radius 1 is 1.16 bits per heavy atom. The molecule has 0 aliphatic carbocycles. The number of aromatic nitrogens is 4. The van der Waals surface area contributed by atoms with Gasteiger partial charge in [0.05, 0.1) is 13.5 Å². The van der Waals surface area contributed by atoms with Crippen LogP contribution in [0.2, 0.25) is 0 Å². The number of β-lactam (4-membered cyclic amide) rings is 1. The van der Waals surface area contributed by atoms with E-state index in [4.69, 9.17) is 9.47 Å². The van der Waals surface area contributed by atoms with Crippen LogP contribution in [0.1, 0.15) is 19.4 Å². The number of likely N-dealkylation sites (tertiary alicyclic amines) is 1. The fourth-order valence-corrected chi connectivity index (χ4v) is 3.15. The number of amides is 2. The minimum absolute atomic E-state index is 0.0486. The Morgan fingerprint density at radius 2 is 1.88 bits per heavy atom. The lowest BCUT2D eigenvalue weighted by atomic mass is 10.0. The van der Waals surface area contributed by atoms with E-state index in [-0.39, 0.29) is 18.7 Å². The number of hydrogen-bond donors (Lipinski definition) is 1. The van der Waals surface area contributed by atoms with Crippen molar-refractivity contribution in [1.29, 1.82) is 0 Å². The summed E-state index contributed by atoms with van der Waals surface area (Å²) in [5, 5.41) is 13.0. The molecule has 1 saturated heterocycles. The zero-order valence-electron chi connectivity index (χ0n) is 17.7. The summed E-state index contributed by atoms with van der Waals surface area (Å²) in [4.78, 5) is 51.0. The van der Waals surface area contributed by atoms with Crippen LogP contribution in [0.4, 0.5) is 0 Å². The molecular formula is C20H22N6O6. The number of nitrogens with zero attached hydrogens (tertiary/aromatic N) is 5. The largest absolute Gasteiger partial charge is 0.464 e. The van der Waals surface area contributed by atoms with Crippen molar-refractivity contribution in [2.24, 2.45) is 0 Å². The van der Waals surface area contributed by atoms with E-state index in [2.05, 4.69) is 20.8 Å². The van der Waals surface area contributed by atoms with Crippen LogP contribution in [0.5, 0.6) is 0 Å². The average Bonchev–Trinajstić information content (AvgIpc) is 3.27. The fraction of sp³-hybridized carbons (Fsp3) is 0.350. The van der Waals surface area contributed by atoms with Gasteiger partial charge in [-0.05, 0) is 35.4 Å². The van der Waals surface area contributed by atoms with Gasteiger partial charge in [0.2, 0.25) is 12.1 Å². The van der Waals surface area contributed by atoms with Crippen molar-refractivity contribution in [3.8, 4) is 0 Å². The lowest BCUT2D eigenvalue weighted by Gasteiger charge is -2.46. The number of carbonyl (C=O) groups excluding carboxylic acids is 4. The van der Waals surface area contributed by atoms with Crippen molar-refractivity contribution in [2.75, 3.05) is 7.11 Å². The van der Waals surface area contributed by atoms with Gasteiger partial charge in [-0.25, -0.2) is 9.48 Å². The Kier molecular flexibility index (Phi) is 6.93. The zero-order chi connectivity index (χ0) is 23.3. The number of rotatable bonds is 8. The minimum Gasteiger partial charge on any atom is -0.464 e. The highest BCUT2D eigenvalue weighted by atomic mass is 16.6. The second-order valence-corrected chi connectivity index (χ2v) is 7.14. The number of methoxy groups -OCH3 is 1.